The molecule has 2 aromatic heterocycles. The van der Waals surface area contributed by atoms with Gasteiger partial charge in [-0.25, -0.2) is 4.98 Å². The normalized spacial score (nSPS) is 11.2. The molecule has 4 rings (SSSR count). The van der Waals surface area contributed by atoms with Crippen LogP contribution >= 0.6 is 11.3 Å². The van der Waals surface area contributed by atoms with Crippen molar-refractivity contribution in [3.05, 3.63) is 64.5 Å². The van der Waals surface area contributed by atoms with Gasteiger partial charge in [-0.1, -0.05) is 36.4 Å². The Kier molecular flexibility index (Phi) is 2.44. The Balaban J connectivity index is 2.04. The Morgan fingerprint density at radius 1 is 1.05 bits per heavy atom. The summed E-state index contributed by atoms with van der Waals surface area (Å²) in [6.07, 6.45) is 1.45. The van der Waals surface area contributed by atoms with E-state index in [1.165, 1.54) is 28.4 Å². The SMILES string of the molecule is O=c1[nH]cnc2scc(-c3ccc4ccccc4c3)c12. The highest BCUT2D eigenvalue weighted by atomic mass is 32.1. The molecule has 3 nitrogen and oxygen atoms in total. The van der Waals surface area contributed by atoms with Crippen molar-refractivity contribution in [1.82, 2.24) is 9.97 Å². The van der Waals surface area contributed by atoms with Crippen LogP contribution in [-0.2, 0) is 0 Å². The number of thiophene rings is 1. The summed E-state index contributed by atoms with van der Waals surface area (Å²) in [4.78, 5) is 19.6. The first-order valence-electron chi connectivity index (χ1n) is 6.27. The predicted octanol–water partition coefficient (Wildman–Crippen LogP) is 3.80. The number of hydrogen-bond donors (Lipinski definition) is 1. The standard InChI is InChI=1S/C16H10N2OS/c19-15-14-13(8-20-16(14)18-9-17-15)12-6-5-10-3-1-2-4-11(10)7-12/h1-9H,(H,17,18,19). The summed E-state index contributed by atoms with van der Waals surface area (Å²) in [5.74, 6) is 0. The Hall–Kier alpha value is -2.46. The fourth-order valence-electron chi connectivity index (χ4n) is 2.45. The highest BCUT2D eigenvalue weighted by Crippen LogP contribution is 2.32. The van der Waals surface area contributed by atoms with Crippen LogP contribution in [0.25, 0.3) is 32.1 Å². The number of aromatic amines is 1. The van der Waals surface area contributed by atoms with Crippen molar-refractivity contribution in [3.8, 4) is 11.1 Å². The van der Waals surface area contributed by atoms with E-state index in [1.54, 1.807) is 0 Å². The molecule has 0 spiro atoms. The molecule has 4 heteroatoms. The van der Waals surface area contributed by atoms with E-state index in [0.29, 0.717) is 5.39 Å². The molecule has 0 fully saturated rings. The van der Waals surface area contributed by atoms with Gasteiger partial charge in [0.05, 0.1) is 11.7 Å². The molecular formula is C16H10N2OS. The van der Waals surface area contributed by atoms with E-state index >= 15 is 0 Å². The first kappa shape index (κ1) is 11.4. The summed E-state index contributed by atoms with van der Waals surface area (Å²) in [6.45, 7) is 0. The van der Waals surface area contributed by atoms with Crippen molar-refractivity contribution in [2.75, 3.05) is 0 Å². The van der Waals surface area contributed by atoms with E-state index in [0.717, 1.165) is 16.0 Å². The van der Waals surface area contributed by atoms with Gasteiger partial charge in [-0.05, 0) is 22.4 Å². The topological polar surface area (TPSA) is 45.8 Å². The molecule has 0 aliphatic heterocycles. The van der Waals surface area contributed by atoms with Crippen LogP contribution in [0.15, 0.2) is 59.0 Å². The van der Waals surface area contributed by atoms with Crippen molar-refractivity contribution in [2.45, 2.75) is 0 Å². The Morgan fingerprint density at radius 2 is 1.90 bits per heavy atom. The maximum atomic E-state index is 12.0. The predicted molar refractivity (Wildman–Crippen MR) is 83.2 cm³/mol. The fourth-order valence-corrected chi connectivity index (χ4v) is 3.37. The minimum Gasteiger partial charge on any atom is -0.313 e. The number of benzene rings is 2. The molecule has 0 bridgehead atoms. The molecule has 96 valence electrons. The second-order valence-electron chi connectivity index (χ2n) is 4.62. The molecule has 0 saturated carbocycles. The molecule has 0 amide bonds. The summed E-state index contributed by atoms with van der Waals surface area (Å²) in [6, 6.07) is 14.5. The Bertz CT molecular complexity index is 984. The van der Waals surface area contributed by atoms with Crippen LogP contribution < -0.4 is 5.56 Å². The first-order valence-corrected chi connectivity index (χ1v) is 7.15. The Morgan fingerprint density at radius 3 is 2.80 bits per heavy atom. The van der Waals surface area contributed by atoms with E-state index < -0.39 is 0 Å². The van der Waals surface area contributed by atoms with Crippen LogP contribution in [0.1, 0.15) is 0 Å². The van der Waals surface area contributed by atoms with Gasteiger partial charge in [-0.2, -0.15) is 0 Å². The molecule has 4 aromatic rings. The third-order valence-corrected chi connectivity index (χ3v) is 4.32. The summed E-state index contributed by atoms with van der Waals surface area (Å²) in [5, 5.41) is 5.04. The van der Waals surface area contributed by atoms with Crippen LogP contribution in [-0.4, -0.2) is 9.97 Å². The number of nitrogens with zero attached hydrogens (tertiary/aromatic N) is 1. The number of aromatic nitrogens is 2. The maximum absolute atomic E-state index is 12.0. The minimum atomic E-state index is -0.0839. The number of rotatable bonds is 1. The van der Waals surface area contributed by atoms with Gasteiger partial charge in [-0.15, -0.1) is 11.3 Å². The quantitative estimate of drug-likeness (QED) is 0.575. The van der Waals surface area contributed by atoms with Crippen molar-refractivity contribution >= 4 is 32.3 Å². The smallest absolute Gasteiger partial charge is 0.260 e. The summed E-state index contributed by atoms with van der Waals surface area (Å²) >= 11 is 1.50. The Labute approximate surface area is 118 Å². The molecule has 0 saturated heterocycles. The van der Waals surface area contributed by atoms with Crippen LogP contribution in [0.5, 0.6) is 0 Å². The second kappa shape index (κ2) is 4.28. The number of fused-ring (bicyclic) bond motifs is 2. The fraction of sp³-hybridized carbons (Fsp3) is 0. The molecule has 20 heavy (non-hydrogen) atoms. The van der Waals surface area contributed by atoms with E-state index in [1.807, 2.05) is 17.5 Å². The molecule has 2 heterocycles. The van der Waals surface area contributed by atoms with Crippen LogP contribution in [0.4, 0.5) is 0 Å². The van der Waals surface area contributed by atoms with Crippen molar-refractivity contribution < 1.29 is 0 Å². The molecule has 0 aliphatic rings. The minimum absolute atomic E-state index is 0.0839. The van der Waals surface area contributed by atoms with Crippen molar-refractivity contribution in [1.29, 1.82) is 0 Å². The lowest BCUT2D eigenvalue weighted by Crippen LogP contribution is -2.05. The zero-order valence-corrected chi connectivity index (χ0v) is 11.3. The largest absolute Gasteiger partial charge is 0.313 e. The molecular weight excluding hydrogens is 268 g/mol. The molecule has 2 aromatic carbocycles. The zero-order valence-electron chi connectivity index (χ0n) is 10.5. The molecule has 0 aliphatic carbocycles. The highest BCUT2D eigenvalue weighted by Gasteiger charge is 2.10. The van der Waals surface area contributed by atoms with Crippen LogP contribution in [0.3, 0.4) is 0 Å². The van der Waals surface area contributed by atoms with Gasteiger partial charge in [0.15, 0.2) is 0 Å². The first-order chi connectivity index (χ1) is 9.83. The lowest BCUT2D eigenvalue weighted by Gasteiger charge is -2.02. The van der Waals surface area contributed by atoms with Gasteiger partial charge in [0.2, 0.25) is 0 Å². The van der Waals surface area contributed by atoms with Crippen molar-refractivity contribution in [3.63, 3.8) is 0 Å². The third kappa shape index (κ3) is 1.66. The van der Waals surface area contributed by atoms with E-state index in [-0.39, 0.29) is 5.56 Å². The lowest BCUT2D eigenvalue weighted by molar-refractivity contribution is 1.18. The average molecular weight is 278 g/mol. The average Bonchev–Trinajstić information content (AvgIpc) is 2.92. The van der Waals surface area contributed by atoms with Gasteiger partial charge in [0, 0.05) is 10.9 Å². The number of nitrogens with one attached hydrogen (secondary N) is 1. The second-order valence-corrected chi connectivity index (χ2v) is 5.48. The van der Waals surface area contributed by atoms with Gasteiger partial charge in [-0.3, -0.25) is 4.79 Å². The van der Waals surface area contributed by atoms with Gasteiger partial charge >= 0.3 is 0 Å². The number of H-pyrrole nitrogens is 1. The van der Waals surface area contributed by atoms with E-state index in [9.17, 15) is 4.79 Å². The van der Waals surface area contributed by atoms with E-state index in [4.69, 9.17) is 0 Å². The highest BCUT2D eigenvalue weighted by molar-refractivity contribution is 7.17. The molecule has 0 unspecified atom stereocenters. The van der Waals surface area contributed by atoms with E-state index in [2.05, 4.69) is 40.3 Å². The summed E-state index contributed by atoms with van der Waals surface area (Å²) in [7, 11) is 0. The maximum Gasteiger partial charge on any atom is 0.260 e. The van der Waals surface area contributed by atoms with Gasteiger partial charge < -0.3 is 4.98 Å². The molecule has 0 atom stereocenters. The van der Waals surface area contributed by atoms with Gasteiger partial charge in [0.25, 0.3) is 5.56 Å². The van der Waals surface area contributed by atoms with Gasteiger partial charge in [0.1, 0.15) is 4.83 Å². The zero-order chi connectivity index (χ0) is 13.5. The monoisotopic (exact) mass is 278 g/mol. The van der Waals surface area contributed by atoms with Crippen molar-refractivity contribution in [2.24, 2.45) is 0 Å². The summed E-state index contributed by atoms with van der Waals surface area (Å²) in [5.41, 5.74) is 1.91. The summed E-state index contributed by atoms with van der Waals surface area (Å²) < 4.78 is 0. The van der Waals surface area contributed by atoms with Crippen LogP contribution in [0, 0.1) is 0 Å². The molecule has 0 radical (unpaired) electrons. The third-order valence-electron chi connectivity index (χ3n) is 3.44. The lowest BCUT2D eigenvalue weighted by atomic mass is 10.0. The number of hydrogen-bond acceptors (Lipinski definition) is 3. The van der Waals surface area contributed by atoms with Crippen LogP contribution in [0.2, 0.25) is 0 Å². The molecule has 1 N–H and O–H groups in total.